The number of aromatic nitrogens is 3. The minimum absolute atomic E-state index is 0.00199. The van der Waals surface area contributed by atoms with Gasteiger partial charge in [-0.25, -0.2) is 14.4 Å². The largest absolute Gasteiger partial charge is 0.496 e. The second-order valence-corrected chi connectivity index (χ2v) is 6.01. The smallest absolute Gasteiger partial charge is 0.147 e. The maximum atomic E-state index is 14.4. The van der Waals surface area contributed by atoms with E-state index < -0.39 is 0 Å². The lowest BCUT2D eigenvalue weighted by Crippen LogP contribution is -2.18. The minimum Gasteiger partial charge on any atom is -0.496 e. The van der Waals surface area contributed by atoms with Crippen LogP contribution in [0.3, 0.4) is 0 Å². The zero-order valence-electron chi connectivity index (χ0n) is 13.7. The molecule has 1 aromatic carbocycles. The van der Waals surface area contributed by atoms with Crippen molar-refractivity contribution in [1.82, 2.24) is 14.5 Å². The lowest BCUT2D eigenvalue weighted by Gasteiger charge is -2.19. The van der Waals surface area contributed by atoms with Gasteiger partial charge in [-0.3, -0.25) is 0 Å². The highest BCUT2D eigenvalue weighted by Crippen LogP contribution is 2.33. The summed E-state index contributed by atoms with van der Waals surface area (Å²) in [7, 11) is 1.59. The molecule has 0 bridgehead atoms. The molecule has 0 radical (unpaired) electrons. The summed E-state index contributed by atoms with van der Waals surface area (Å²) >= 11 is 5.86. The Morgan fingerprint density at radius 1 is 1.33 bits per heavy atom. The SMILES string of the molecule is COc1ccc(F)c2c1cc(C)n2C(C)CNc1cc(Cl)ncn1. The summed E-state index contributed by atoms with van der Waals surface area (Å²) in [5.41, 5.74) is 1.50. The molecule has 0 saturated heterocycles. The minimum atomic E-state index is -0.268. The van der Waals surface area contributed by atoms with Crippen molar-refractivity contribution in [2.24, 2.45) is 0 Å². The topological polar surface area (TPSA) is 52.0 Å². The fourth-order valence-electron chi connectivity index (χ4n) is 2.92. The Hall–Kier alpha value is -2.34. The monoisotopic (exact) mass is 348 g/mol. The third-order valence-corrected chi connectivity index (χ3v) is 4.18. The molecule has 3 rings (SSSR count). The van der Waals surface area contributed by atoms with E-state index in [2.05, 4.69) is 15.3 Å². The summed E-state index contributed by atoms with van der Waals surface area (Å²) in [6.07, 6.45) is 1.40. The third-order valence-electron chi connectivity index (χ3n) is 3.97. The van der Waals surface area contributed by atoms with E-state index in [1.807, 2.05) is 24.5 Å². The first-order chi connectivity index (χ1) is 11.5. The van der Waals surface area contributed by atoms with Crippen molar-refractivity contribution in [3.63, 3.8) is 0 Å². The van der Waals surface area contributed by atoms with E-state index in [4.69, 9.17) is 16.3 Å². The molecule has 1 unspecified atom stereocenters. The number of rotatable bonds is 5. The van der Waals surface area contributed by atoms with Gasteiger partial charge in [0.25, 0.3) is 0 Å². The van der Waals surface area contributed by atoms with Gasteiger partial charge in [-0.2, -0.15) is 0 Å². The Balaban J connectivity index is 1.92. The summed E-state index contributed by atoms with van der Waals surface area (Å²) < 4.78 is 21.7. The van der Waals surface area contributed by atoms with Crippen molar-refractivity contribution in [3.05, 3.63) is 47.3 Å². The molecule has 2 aromatic heterocycles. The van der Waals surface area contributed by atoms with E-state index in [1.165, 1.54) is 12.4 Å². The average molecular weight is 349 g/mol. The molecule has 0 saturated carbocycles. The van der Waals surface area contributed by atoms with Crippen molar-refractivity contribution in [2.75, 3.05) is 19.0 Å². The van der Waals surface area contributed by atoms with Gasteiger partial charge in [0.05, 0.1) is 12.6 Å². The predicted octanol–water partition coefficient (Wildman–Crippen LogP) is 4.21. The van der Waals surface area contributed by atoms with Crippen LogP contribution in [-0.2, 0) is 0 Å². The van der Waals surface area contributed by atoms with E-state index in [0.29, 0.717) is 28.8 Å². The third kappa shape index (κ3) is 3.01. The van der Waals surface area contributed by atoms with Gasteiger partial charge in [0.1, 0.15) is 28.9 Å². The van der Waals surface area contributed by atoms with Crippen LogP contribution in [0.4, 0.5) is 10.2 Å². The quantitative estimate of drug-likeness (QED) is 0.702. The van der Waals surface area contributed by atoms with Gasteiger partial charge < -0.3 is 14.6 Å². The highest BCUT2D eigenvalue weighted by Gasteiger charge is 2.18. The molecule has 2 heterocycles. The molecule has 5 nitrogen and oxygen atoms in total. The van der Waals surface area contributed by atoms with Gasteiger partial charge >= 0.3 is 0 Å². The normalized spacial score (nSPS) is 12.4. The highest BCUT2D eigenvalue weighted by molar-refractivity contribution is 6.29. The van der Waals surface area contributed by atoms with Gasteiger partial charge in [-0.05, 0) is 32.0 Å². The molecule has 0 aliphatic rings. The van der Waals surface area contributed by atoms with Gasteiger partial charge in [0, 0.05) is 29.7 Å². The molecule has 1 atom stereocenters. The van der Waals surface area contributed by atoms with Gasteiger partial charge in [-0.15, -0.1) is 0 Å². The molecule has 1 N–H and O–H groups in total. The molecular formula is C17H18ClFN4O. The zero-order valence-corrected chi connectivity index (χ0v) is 14.4. The number of anilines is 1. The molecule has 0 aliphatic carbocycles. The van der Waals surface area contributed by atoms with Crippen LogP contribution in [0, 0.1) is 12.7 Å². The molecule has 24 heavy (non-hydrogen) atoms. The van der Waals surface area contributed by atoms with Gasteiger partial charge in [-0.1, -0.05) is 11.6 Å². The van der Waals surface area contributed by atoms with Gasteiger partial charge in [0.15, 0.2) is 0 Å². The van der Waals surface area contributed by atoms with Crippen molar-refractivity contribution in [3.8, 4) is 5.75 Å². The summed E-state index contributed by atoms with van der Waals surface area (Å²) in [5.74, 6) is 1.03. The Morgan fingerprint density at radius 2 is 2.12 bits per heavy atom. The first-order valence-electron chi connectivity index (χ1n) is 7.56. The molecule has 0 spiro atoms. The fourth-order valence-corrected chi connectivity index (χ4v) is 3.07. The number of nitrogens with one attached hydrogen (secondary N) is 1. The first-order valence-corrected chi connectivity index (χ1v) is 7.94. The van der Waals surface area contributed by atoms with Crippen molar-refractivity contribution in [1.29, 1.82) is 0 Å². The molecular weight excluding hydrogens is 331 g/mol. The van der Waals surface area contributed by atoms with Crippen LogP contribution >= 0.6 is 11.6 Å². The van der Waals surface area contributed by atoms with Crippen LogP contribution in [0.2, 0.25) is 5.15 Å². The number of benzene rings is 1. The molecule has 0 amide bonds. The lowest BCUT2D eigenvalue weighted by atomic mass is 10.2. The van der Waals surface area contributed by atoms with Crippen LogP contribution in [0.25, 0.3) is 10.9 Å². The van der Waals surface area contributed by atoms with Crippen LogP contribution in [0.5, 0.6) is 5.75 Å². The Kier molecular flexibility index (Phi) is 4.57. The molecule has 0 aliphatic heterocycles. The van der Waals surface area contributed by atoms with E-state index in [0.717, 1.165) is 11.1 Å². The number of hydrogen-bond donors (Lipinski definition) is 1. The van der Waals surface area contributed by atoms with Crippen LogP contribution in [0.15, 0.2) is 30.6 Å². The van der Waals surface area contributed by atoms with E-state index >= 15 is 0 Å². The maximum absolute atomic E-state index is 14.4. The Bertz CT molecular complexity index is 880. The van der Waals surface area contributed by atoms with E-state index in [-0.39, 0.29) is 11.9 Å². The van der Waals surface area contributed by atoms with Crippen molar-refractivity contribution in [2.45, 2.75) is 19.9 Å². The van der Waals surface area contributed by atoms with Crippen LogP contribution in [0.1, 0.15) is 18.7 Å². The van der Waals surface area contributed by atoms with Crippen LogP contribution < -0.4 is 10.1 Å². The molecule has 0 fully saturated rings. The standard InChI is InChI=1S/C17H18ClFN4O/c1-10-6-12-14(24-3)5-4-13(19)17(12)23(10)11(2)8-20-16-7-15(18)21-9-22-16/h4-7,9,11H,8H2,1-3H3,(H,20,21,22). The zero-order chi connectivity index (χ0) is 17.3. The summed E-state index contributed by atoms with van der Waals surface area (Å²) in [4.78, 5) is 7.96. The Morgan fingerprint density at radius 3 is 2.83 bits per heavy atom. The van der Waals surface area contributed by atoms with Crippen LogP contribution in [-0.4, -0.2) is 28.2 Å². The van der Waals surface area contributed by atoms with Crippen molar-refractivity contribution < 1.29 is 9.13 Å². The van der Waals surface area contributed by atoms with Gasteiger partial charge in [0.2, 0.25) is 0 Å². The second kappa shape index (κ2) is 6.65. The number of fused-ring (bicyclic) bond motifs is 1. The average Bonchev–Trinajstić information content (AvgIpc) is 2.91. The number of halogens is 2. The number of hydrogen-bond acceptors (Lipinski definition) is 4. The van der Waals surface area contributed by atoms with E-state index in [9.17, 15) is 4.39 Å². The predicted molar refractivity (Wildman–Crippen MR) is 93.4 cm³/mol. The number of aryl methyl sites for hydroxylation is 1. The lowest BCUT2D eigenvalue weighted by molar-refractivity contribution is 0.419. The summed E-state index contributed by atoms with van der Waals surface area (Å²) in [6, 6.07) is 6.67. The highest BCUT2D eigenvalue weighted by atomic mass is 35.5. The number of methoxy groups -OCH3 is 1. The molecule has 3 aromatic rings. The summed E-state index contributed by atoms with van der Waals surface area (Å²) in [6.45, 7) is 4.53. The first kappa shape index (κ1) is 16.5. The fraction of sp³-hybridized carbons (Fsp3) is 0.294. The van der Waals surface area contributed by atoms with E-state index in [1.54, 1.807) is 19.2 Å². The number of ether oxygens (including phenoxy) is 1. The molecule has 7 heteroatoms. The maximum Gasteiger partial charge on any atom is 0.147 e. The molecule has 126 valence electrons. The Labute approximate surface area is 144 Å². The summed E-state index contributed by atoms with van der Waals surface area (Å²) in [5, 5.41) is 4.35. The van der Waals surface area contributed by atoms with Crippen molar-refractivity contribution >= 4 is 28.3 Å². The number of nitrogens with zero attached hydrogens (tertiary/aromatic N) is 3. The second-order valence-electron chi connectivity index (χ2n) is 5.62.